The van der Waals surface area contributed by atoms with Crippen LogP contribution in [0.1, 0.15) is 40.2 Å². The third-order valence-electron chi connectivity index (χ3n) is 6.99. The van der Waals surface area contributed by atoms with E-state index < -0.39 is 53.0 Å². The Hall–Kier alpha value is -4.08. The van der Waals surface area contributed by atoms with Crippen LogP contribution in [0.5, 0.6) is 5.75 Å². The molecule has 1 amide bonds. The average molecular weight is 620 g/mol. The van der Waals surface area contributed by atoms with Crippen LogP contribution in [0.2, 0.25) is 0 Å². The minimum Gasteiger partial charge on any atom is -0.455 e. The van der Waals surface area contributed by atoms with Gasteiger partial charge in [-0.15, -0.1) is 13.2 Å². The number of nitrogens with zero attached hydrogens (tertiary/aromatic N) is 1. The fourth-order valence-corrected chi connectivity index (χ4v) is 5.79. The first-order chi connectivity index (χ1) is 20.2. The number of fused-ring (bicyclic) bond motifs is 1. The SMILES string of the molecule is CNC(=O)c1c(-c2ccc(F)cc2)oc2cc(N(Cc3ccc(B(O)O)c(OC(F)(F)F)c3)S(C)(=O)=O)c(C3CC3)cc12. The van der Waals surface area contributed by atoms with Gasteiger partial charge >= 0.3 is 13.5 Å². The van der Waals surface area contributed by atoms with Crippen molar-refractivity contribution in [3.8, 4) is 17.1 Å². The highest BCUT2D eigenvalue weighted by atomic mass is 32.2. The zero-order valence-electron chi connectivity index (χ0n) is 22.8. The van der Waals surface area contributed by atoms with E-state index in [4.69, 9.17) is 4.42 Å². The summed E-state index contributed by atoms with van der Waals surface area (Å²) in [5.41, 5.74) is 1.04. The topological polar surface area (TPSA) is 129 Å². The molecule has 1 heterocycles. The maximum absolute atomic E-state index is 13.6. The summed E-state index contributed by atoms with van der Waals surface area (Å²) in [6.45, 7) is -0.437. The zero-order valence-corrected chi connectivity index (χ0v) is 23.6. The van der Waals surface area contributed by atoms with Gasteiger partial charge in [0.25, 0.3) is 5.91 Å². The molecule has 0 atom stereocenters. The van der Waals surface area contributed by atoms with E-state index in [1.807, 2.05) is 0 Å². The van der Waals surface area contributed by atoms with Crippen LogP contribution < -0.4 is 19.8 Å². The second kappa shape index (κ2) is 11.2. The van der Waals surface area contributed by atoms with Gasteiger partial charge in [-0.05, 0) is 66.3 Å². The number of hydrogen-bond donors (Lipinski definition) is 3. The lowest BCUT2D eigenvalue weighted by atomic mass is 9.79. The highest BCUT2D eigenvalue weighted by molar-refractivity contribution is 7.92. The van der Waals surface area contributed by atoms with Crippen molar-refractivity contribution in [1.29, 1.82) is 0 Å². The zero-order chi connectivity index (χ0) is 31.3. The number of ether oxygens (including phenoxy) is 1. The van der Waals surface area contributed by atoms with Gasteiger partial charge in [0.05, 0.1) is 24.1 Å². The van der Waals surface area contributed by atoms with Crippen LogP contribution in [-0.4, -0.2) is 51.2 Å². The van der Waals surface area contributed by atoms with Gasteiger partial charge in [-0.25, -0.2) is 12.8 Å². The van der Waals surface area contributed by atoms with Gasteiger partial charge in [0.15, 0.2) is 0 Å². The Morgan fingerprint density at radius 1 is 1.12 bits per heavy atom. The molecule has 1 aliphatic carbocycles. The smallest absolute Gasteiger partial charge is 0.455 e. The Morgan fingerprint density at radius 2 is 1.79 bits per heavy atom. The summed E-state index contributed by atoms with van der Waals surface area (Å²) in [6, 6.07) is 11.6. The molecule has 4 aromatic rings. The number of sulfonamides is 1. The minimum absolute atomic E-state index is 0.0543. The van der Waals surface area contributed by atoms with E-state index in [-0.39, 0.29) is 34.1 Å². The number of hydrogen-bond acceptors (Lipinski definition) is 7. The van der Waals surface area contributed by atoms with Crippen LogP contribution in [0, 0.1) is 5.82 Å². The molecule has 1 saturated carbocycles. The summed E-state index contributed by atoms with van der Waals surface area (Å²) in [5.74, 6) is -1.77. The summed E-state index contributed by atoms with van der Waals surface area (Å²) in [7, 11) is -4.89. The van der Waals surface area contributed by atoms with Crippen molar-refractivity contribution in [1.82, 2.24) is 5.32 Å². The van der Waals surface area contributed by atoms with Crippen molar-refractivity contribution in [3.63, 3.8) is 0 Å². The number of halogens is 4. The van der Waals surface area contributed by atoms with Crippen LogP contribution in [-0.2, 0) is 16.6 Å². The average Bonchev–Trinajstić information content (AvgIpc) is 3.70. The van der Waals surface area contributed by atoms with E-state index in [1.165, 1.54) is 43.4 Å². The quantitative estimate of drug-likeness (QED) is 0.191. The largest absolute Gasteiger partial charge is 0.573 e. The first-order valence-electron chi connectivity index (χ1n) is 13.0. The van der Waals surface area contributed by atoms with Crippen LogP contribution in [0.3, 0.4) is 0 Å². The third-order valence-corrected chi connectivity index (χ3v) is 8.12. The van der Waals surface area contributed by atoms with Gasteiger partial charge in [-0.3, -0.25) is 9.10 Å². The molecule has 0 aliphatic heterocycles. The van der Waals surface area contributed by atoms with Crippen LogP contribution >= 0.6 is 0 Å². The molecule has 1 aromatic heterocycles. The molecule has 3 N–H and O–H groups in total. The number of amides is 1. The summed E-state index contributed by atoms with van der Waals surface area (Å²) in [5, 5.41) is 22.0. The lowest BCUT2D eigenvalue weighted by Gasteiger charge is -2.26. The van der Waals surface area contributed by atoms with E-state index in [0.717, 1.165) is 35.5 Å². The monoisotopic (exact) mass is 620 g/mol. The lowest BCUT2D eigenvalue weighted by Crippen LogP contribution is -2.34. The molecule has 0 radical (unpaired) electrons. The minimum atomic E-state index is -5.15. The number of nitrogens with one attached hydrogen (secondary N) is 1. The summed E-state index contributed by atoms with van der Waals surface area (Å²) < 4.78 is 90.1. The summed E-state index contributed by atoms with van der Waals surface area (Å²) >= 11 is 0. The molecule has 226 valence electrons. The van der Waals surface area contributed by atoms with Gasteiger partial charge in [0, 0.05) is 29.5 Å². The van der Waals surface area contributed by atoms with Gasteiger partial charge in [0.2, 0.25) is 10.0 Å². The highest BCUT2D eigenvalue weighted by Crippen LogP contribution is 2.48. The Balaban J connectivity index is 1.67. The fraction of sp³-hybridized carbons (Fsp3) is 0.250. The number of furan rings is 1. The van der Waals surface area contributed by atoms with Crippen molar-refractivity contribution in [2.24, 2.45) is 0 Å². The van der Waals surface area contributed by atoms with Gasteiger partial charge in [-0.1, -0.05) is 12.1 Å². The number of rotatable bonds is 9. The van der Waals surface area contributed by atoms with E-state index in [2.05, 4.69) is 10.1 Å². The predicted octanol–water partition coefficient (Wildman–Crippen LogP) is 4.02. The van der Waals surface area contributed by atoms with Gasteiger partial charge < -0.3 is 24.5 Å². The first kappa shape index (κ1) is 30.4. The molecule has 3 aromatic carbocycles. The highest BCUT2D eigenvalue weighted by Gasteiger charge is 2.35. The van der Waals surface area contributed by atoms with Crippen LogP contribution in [0.15, 0.2) is 59.0 Å². The number of carbonyl (C=O) groups excluding carboxylic acids is 1. The maximum atomic E-state index is 13.6. The summed E-state index contributed by atoms with van der Waals surface area (Å²) in [6.07, 6.45) is -2.73. The Morgan fingerprint density at radius 3 is 2.35 bits per heavy atom. The number of alkyl halides is 3. The van der Waals surface area contributed by atoms with Crippen molar-refractivity contribution < 1.29 is 50.0 Å². The molecule has 0 spiro atoms. The van der Waals surface area contributed by atoms with Crippen molar-refractivity contribution in [3.05, 3.63) is 77.1 Å². The Labute approximate surface area is 243 Å². The molecule has 15 heteroatoms. The third kappa shape index (κ3) is 6.48. The maximum Gasteiger partial charge on any atom is 0.573 e. The predicted molar refractivity (Wildman–Crippen MR) is 151 cm³/mol. The molecule has 1 fully saturated rings. The first-order valence-corrected chi connectivity index (χ1v) is 14.8. The molecule has 1 aliphatic rings. The molecule has 43 heavy (non-hydrogen) atoms. The van der Waals surface area contributed by atoms with Gasteiger partial charge in [-0.2, -0.15) is 0 Å². The molecule has 9 nitrogen and oxygen atoms in total. The molecule has 0 bridgehead atoms. The van der Waals surface area contributed by atoms with E-state index in [0.29, 0.717) is 16.5 Å². The lowest BCUT2D eigenvalue weighted by molar-refractivity contribution is -0.274. The van der Waals surface area contributed by atoms with Crippen molar-refractivity contribution in [2.45, 2.75) is 31.7 Å². The Bertz CT molecular complexity index is 1800. The molecule has 0 saturated heterocycles. The second-order valence-corrected chi connectivity index (χ2v) is 12.0. The number of anilines is 1. The van der Waals surface area contributed by atoms with E-state index >= 15 is 0 Å². The number of benzene rings is 3. The normalized spacial score (nSPS) is 13.7. The molecule has 5 rings (SSSR count). The molecular weight excluding hydrogens is 595 g/mol. The standard InChI is InChI=1S/C28H25BF4N2O7S/c1-34-27(36)25-20-12-19(16-4-5-16)22(13-23(20)41-26(25)17-6-8-18(30)9-7-17)35(43(2,39)40)14-15-3-10-21(29(37)38)24(11-15)42-28(31,32)33/h3,6-13,16,37-38H,4-5,14H2,1-2H3,(H,34,36). The molecule has 0 unspecified atom stereocenters. The van der Waals surface area contributed by atoms with E-state index in [9.17, 15) is 40.8 Å². The van der Waals surface area contributed by atoms with Crippen molar-refractivity contribution >= 4 is 45.2 Å². The van der Waals surface area contributed by atoms with Gasteiger partial charge in [0.1, 0.15) is 22.9 Å². The van der Waals surface area contributed by atoms with E-state index in [1.54, 1.807) is 6.07 Å². The van der Waals surface area contributed by atoms with Crippen molar-refractivity contribution in [2.75, 3.05) is 17.6 Å². The fourth-order valence-electron chi connectivity index (χ4n) is 4.89. The molecular formula is C28H25BF4N2O7S. The Kier molecular flexibility index (Phi) is 7.92. The summed E-state index contributed by atoms with van der Waals surface area (Å²) in [4.78, 5) is 13.0. The van der Waals surface area contributed by atoms with Crippen LogP contribution in [0.4, 0.5) is 23.2 Å². The number of carbonyl (C=O) groups is 1. The van der Waals surface area contributed by atoms with Crippen LogP contribution in [0.25, 0.3) is 22.3 Å². The second-order valence-electron chi connectivity index (χ2n) is 10.1.